The normalized spacial score (nSPS) is 9.59. The summed E-state index contributed by atoms with van der Waals surface area (Å²) in [5.74, 6) is 0.114. The van der Waals surface area contributed by atoms with Crippen molar-refractivity contribution in [3.63, 3.8) is 0 Å². The largest absolute Gasteiger partial charge is 0.508 e. The van der Waals surface area contributed by atoms with Crippen molar-refractivity contribution in [2.45, 2.75) is 47.1 Å². The number of hydrogen-bond acceptors (Lipinski definition) is 5. The van der Waals surface area contributed by atoms with E-state index < -0.39 is 0 Å². The fourth-order valence-corrected chi connectivity index (χ4v) is 1.16. The molecular weight excluding hydrogens is 280 g/mol. The molecule has 0 heterocycles. The Balaban J connectivity index is 0. The van der Waals surface area contributed by atoms with E-state index in [0.29, 0.717) is 17.0 Å². The number of benzene rings is 1. The average molecular weight is 310 g/mol. The Morgan fingerprint density at radius 1 is 1.36 bits per heavy atom. The molecule has 0 amide bonds. The van der Waals surface area contributed by atoms with Crippen LogP contribution in [-0.4, -0.2) is 36.4 Å². The first kappa shape index (κ1) is 22.4. The van der Waals surface area contributed by atoms with Crippen molar-refractivity contribution in [3.05, 3.63) is 23.8 Å². The Kier molecular flexibility index (Phi) is 12.0. The van der Waals surface area contributed by atoms with Crippen molar-refractivity contribution in [2.75, 3.05) is 19.0 Å². The number of phenols is 1. The highest BCUT2D eigenvalue weighted by molar-refractivity contribution is 6.01. The number of ether oxygens (including phenoxy) is 1. The zero-order chi connectivity index (χ0) is 17.8. The minimum absolute atomic E-state index is 0.0417. The fraction of sp³-hybridized carbons (Fsp3) is 0.529. The van der Waals surface area contributed by atoms with Crippen LogP contribution in [-0.2, 0) is 9.53 Å². The van der Waals surface area contributed by atoms with Crippen LogP contribution < -0.4 is 5.32 Å². The summed E-state index contributed by atoms with van der Waals surface area (Å²) in [6, 6.07) is 4.65. The second-order valence-corrected chi connectivity index (χ2v) is 5.22. The van der Waals surface area contributed by atoms with Crippen LogP contribution in [0.3, 0.4) is 0 Å². The molecule has 3 N–H and O–H groups in total. The third kappa shape index (κ3) is 10.9. The minimum atomic E-state index is 0.0417. The SMILES string of the molecule is CC.CC(=N)c1ccc(O)cc1NCC=O.COC(C)(C)C. The van der Waals surface area contributed by atoms with Gasteiger partial charge in [0.15, 0.2) is 0 Å². The van der Waals surface area contributed by atoms with Gasteiger partial charge >= 0.3 is 0 Å². The molecule has 0 bridgehead atoms. The van der Waals surface area contributed by atoms with Gasteiger partial charge in [0.2, 0.25) is 0 Å². The average Bonchev–Trinajstić information content (AvgIpc) is 2.47. The van der Waals surface area contributed by atoms with Crippen LogP contribution in [0.2, 0.25) is 0 Å². The quantitative estimate of drug-likeness (QED) is 0.583. The van der Waals surface area contributed by atoms with Gasteiger partial charge < -0.3 is 25.4 Å². The Hall–Kier alpha value is -1.88. The molecule has 0 saturated heterocycles. The zero-order valence-electron chi connectivity index (χ0n) is 14.8. The maximum absolute atomic E-state index is 10.2. The number of anilines is 1. The topological polar surface area (TPSA) is 82.4 Å². The highest BCUT2D eigenvalue weighted by Crippen LogP contribution is 2.21. The first-order valence-electron chi connectivity index (χ1n) is 7.32. The number of hydrogen-bond donors (Lipinski definition) is 3. The van der Waals surface area contributed by atoms with Gasteiger partial charge in [-0.1, -0.05) is 13.8 Å². The molecule has 0 unspecified atom stereocenters. The highest BCUT2D eigenvalue weighted by atomic mass is 16.5. The lowest BCUT2D eigenvalue weighted by atomic mass is 10.1. The summed E-state index contributed by atoms with van der Waals surface area (Å²) in [7, 11) is 1.71. The number of rotatable bonds is 4. The van der Waals surface area contributed by atoms with Crippen molar-refractivity contribution in [1.82, 2.24) is 0 Å². The number of aromatic hydroxyl groups is 1. The van der Waals surface area contributed by atoms with Gasteiger partial charge in [-0.3, -0.25) is 0 Å². The van der Waals surface area contributed by atoms with Crippen molar-refractivity contribution >= 4 is 17.7 Å². The molecule has 0 aliphatic heterocycles. The molecule has 22 heavy (non-hydrogen) atoms. The molecule has 0 fully saturated rings. The number of aldehydes is 1. The van der Waals surface area contributed by atoms with Crippen molar-refractivity contribution in [2.24, 2.45) is 0 Å². The summed E-state index contributed by atoms with van der Waals surface area (Å²) in [4.78, 5) is 10.2. The monoisotopic (exact) mass is 310 g/mol. The third-order valence-electron chi connectivity index (χ3n) is 2.40. The first-order chi connectivity index (χ1) is 10.2. The highest BCUT2D eigenvalue weighted by Gasteiger charge is 2.05. The fourth-order valence-electron chi connectivity index (χ4n) is 1.16. The lowest BCUT2D eigenvalue weighted by Gasteiger charge is -2.14. The molecule has 0 radical (unpaired) electrons. The van der Waals surface area contributed by atoms with E-state index in [2.05, 4.69) is 5.32 Å². The Labute approximate surface area is 134 Å². The second kappa shape index (κ2) is 11.7. The van der Waals surface area contributed by atoms with Crippen LogP contribution >= 0.6 is 0 Å². The van der Waals surface area contributed by atoms with E-state index in [1.807, 2.05) is 34.6 Å². The van der Waals surface area contributed by atoms with Gasteiger partial charge in [-0.2, -0.15) is 0 Å². The summed E-state index contributed by atoms with van der Waals surface area (Å²) < 4.78 is 4.94. The number of phenolic OH excluding ortho intramolecular Hbond substituents is 1. The Morgan fingerprint density at radius 2 is 1.86 bits per heavy atom. The zero-order valence-corrected chi connectivity index (χ0v) is 14.8. The van der Waals surface area contributed by atoms with Crippen LogP contribution in [0.25, 0.3) is 0 Å². The molecule has 0 aliphatic rings. The maximum Gasteiger partial charge on any atom is 0.139 e. The number of carbonyl (C=O) groups excluding carboxylic acids is 1. The molecule has 1 aromatic rings. The Bertz CT molecular complexity index is 452. The van der Waals surface area contributed by atoms with E-state index in [0.717, 1.165) is 6.29 Å². The molecule has 5 nitrogen and oxygen atoms in total. The van der Waals surface area contributed by atoms with E-state index in [4.69, 9.17) is 10.1 Å². The molecule has 126 valence electrons. The van der Waals surface area contributed by atoms with Crippen LogP contribution in [0.5, 0.6) is 5.75 Å². The number of carbonyl (C=O) groups is 1. The van der Waals surface area contributed by atoms with Gasteiger partial charge in [0.05, 0.1) is 12.1 Å². The molecule has 0 aromatic heterocycles. The van der Waals surface area contributed by atoms with E-state index in [1.54, 1.807) is 20.1 Å². The van der Waals surface area contributed by atoms with Gasteiger partial charge in [-0.25, -0.2) is 0 Å². The van der Waals surface area contributed by atoms with Gasteiger partial charge in [-0.05, 0) is 39.8 Å². The van der Waals surface area contributed by atoms with Crippen LogP contribution in [0.4, 0.5) is 5.69 Å². The lowest BCUT2D eigenvalue weighted by molar-refractivity contribution is -0.106. The lowest BCUT2D eigenvalue weighted by Crippen LogP contribution is -2.15. The predicted molar refractivity (Wildman–Crippen MR) is 93.3 cm³/mol. The van der Waals surface area contributed by atoms with E-state index in [1.165, 1.54) is 12.1 Å². The van der Waals surface area contributed by atoms with Gasteiger partial charge in [0.1, 0.15) is 12.0 Å². The molecule has 0 spiro atoms. The number of nitrogens with one attached hydrogen (secondary N) is 2. The molecule has 1 aromatic carbocycles. The van der Waals surface area contributed by atoms with E-state index >= 15 is 0 Å². The third-order valence-corrected chi connectivity index (χ3v) is 2.40. The van der Waals surface area contributed by atoms with Crippen molar-refractivity contribution in [1.29, 1.82) is 5.41 Å². The second-order valence-electron chi connectivity index (χ2n) is 5.22. The molecule has 0 atom stereocenters. The predicted octanol–water partition coefficient (Wildman–Crippen LogP) is 3.85. The Morgan fingerprint density at radius 3 is 2.23 bits per heavy atom. The van der Waals surface area contributed by atoms with Crippen molar-refractivity contribution in [3.8, 4) is 5.75 Å². The molecule has 1 rings (SSSR count). The number of methoxy groups -OCH3 is 1. The molecule has 0 saturated carbocycles. The summed E-state index contributed by atoms with van der Waals surface area (Å²) in [6.45, 7) is 11.9. The first-order valence-corrected chi connectivity index (χ1v) is 7.32. The van der Waals surface area contributed by atoms with Gasteiger partial charge in [0, 0.05) is 30.1 Å². The van der Waals surface area contributed by atoms with E-state index in [9.17, 15) is 9.90 Å². The smallest absolute Gasteiger partial charge is 0.139 e. The summed E-state index contributed by atoms with van der Waals surface area (Å²) in [6.07, 6.45) is 0.729. The standard InChI is InChI=1S/C10H12N2O2.C5H12O.C2H6/c1-7(11)9-3-2-8(14)6-10(9)12-4-5-13;1-5(2,3)6-4;1-2/h2-3,5-6,11-12,14H,4H2,1H3;1-4H3;1-2H3. The van der Waals surface area contributed by atoms with Crippen molar-refractivity contribution < 1.29 is 14.6 Å². The summed E-state index contributed by atoms with van der Waals surface area (Å²) in [5, 5.41) is 19.5. The van der Waals surface area contributed by atoms with Crippen LogP contribution in [0, 0.1) is 5.41 Å². The van der Waals surface area contributed by atoms with Gasteiger partial charge in [-0.15, -0.1) is 0 Å². The minimum Gasteiger partial charge on any atom is -0.508 e. The maximum atomic E-state index is 10.2. The van der Waals surface area contributed by atoms with Crippen LogP contribution in [0.15, 0.2) is 18.2 Å². The summed E-state index contributed by atoms with van der Waals surface area (Å²) >= 11 is 0. The molecular formula is C17H30N2O3. The molecule has 0 aliphatic carbocycles. The summed E-state index contributed by atoms with van der Waals surface area (Å²) in [5.41, 5.74) is 1.72. The van der Waals surface area contributed by atoms with Gasteiger partial charge in [0.25, 0.3) is 0 Å². The van der Waals surface area contributed by atoms with Crippen LogP contribution in [0.1, 0.15) is 47.1 Å². The molecule has 5 heteroatoms. The van der Waals surface area contributed by atoms with E-state index in [-0.39, 0.29) is 17.9 Å².